The first kappa shape index (κ1) is 13.2. The van der Waals surface area contributed by atoms with Crippen LogP contribution < -0.4 is 4.74 Å². The molecule has 3 aromatic rings. The molecule has 0 aliphatic heterocycles. The molecular weight excluding hydrogens is 270 g/mol. The average molecular weight is 283 g/mol. The first-order valence-electron chi connectivity index (χ1n) is 6.55. The molecule has 3 rings (SSSR count). The van der Waals surface area contributed by atoms with Crippen LogP contribution in [0.4, 0.5) is 0 Å². The lowest BCUT2D eigenvalue weighted by molar-refractivity contribution is 0.0699. The summed E-state index contributed by atoms with van der Waals surface area (Å²) in [5.74, 6) is 0.137. The lowest BCUT2D eigenvalue weighted by atomic mass is 10.2. The van der Waals surface area contributed by atoms with Gasteiger partial charge in [-0.25, -0.2) is 9.78 Å². The Bertz CT molecular complexity index is 790. The van der Waals surface area contributed by atoms with Crippen LogP contribution in [-0.2, 0) is 0 Å². The third kappa shape index (κ3) is 2.45. The molecule has 0 aliphatic carbocycles. The fraction of sp³-hybridized carbons (Fsp3) is 0.125. The van der Waals surface area contributed by atoms with E-state index in [0.29, 0.717) is 23.6 Å². The number of rotatable bonds is 4. The Morgan fingerprint density at radius 2 is 2.00 bits per heavy atom. The van der Waals surface area contributed by atoms with Gasteiger partial charge in [-0.15, -0.1) is 0 Å². The number of oxazole rings is 1. The summed E-state index contributed by atoms with van der Waals surface area (Å²) in [7, 11) is 0. The van der Waals surface area contributed by atoms with Crippen LogP contribution in [0.15, 0.2) is 46.9 Å². The zero-order valence-electron chi connectivity index (χ0n) is 11.4. The van der Waals surface area contributed by atoms with Gasteiger partial charge in [0.25, 0.3) is 0 Å². The van der Waals surface area contributed by atoms with Crippen molar-refractivity contribution in [1.82, 2.24) is 4.98 Å². The van der Waals surface area contributed by atoms with E-state index in [1.807, 2.05) is 31.2 Å². The van der Waals surface area contributed by atoms with Crippen LogP contribution in [-0.4, -0.2) is 22.7 Å². The van der Waals surface area contributed by atoms with Crippen molar-refractivity contribution in [2.75, 3.05) is 6.61 Å². The second-order valence-electron chi connectivity index (χ2n) is 4.43. The van der Waals surface area contributed by atoms with Gasteiger partial charge < -0.3 is 14.3 Å². The zero-order valence-corrected chi connectivity index (χ0v) is 11.4. The summed E-state index contributed by atoms with van der Waals surface area (Å²) >= 11 is 0. The van der Waals surface area contributed by atoms with Gasteiger partial charge in [-0.2, -0.15) is 0 Å². The van der Waals surface area contributed by atoms with E-state index in [2.05, 4.69) is 4.98 Å². The fourth-order valence-corrected chi connectivity index (χ4v) is 2.10. The van der Waals surface area contributed by atoms with Crippen molar-refractivity contribution in [2.45, 2.75) is 6.92 Å². The molecule has 1 N–H and O–H groups in total. The maximum absolute atomic E-state index is 11.2. The number of nitrogens with zero attached hydrogens (tertiary/aromatic N) is 1. The summed E-state index contributed by atoms with van der Waals surface area (Å²) in [5.41, 5.74) is 1.71. The number of benzene rings is 2. The molecule has 0 unspecified atom stereocenters. The van der Waals surface area contributed by atoms with Crippen LogP contribution in [0, 0.1) is 0 Å². The summed E-state index contributed by atoms with van der Waals surface area (Å²) in [6.45, 7) is 2.52. The summed E-state index contributed by atoms with van der Waals surface area (Å²) in [5, 5.41) is 9.16. The number of fused-ring (bicyclic) bond motifs is 1. The number of carbonyl (C=O) groups is 1. The number of hydrogen-bond acceptors (Lipinski definition) is 4. The Kier molecular flexibility index (Phi) is 3.31. The molecule has 1 heterocycles. The molecule has 5 heteroatoms. The number of aromatic nitrogens is 1. The van der Waals surface area contributed by atoms with Gasteiger partial charge in [0.15, 0.2) is 5.58 Å². The molecule has 0 saturated heterocycles. The molecule has 0 bridgehead atoms. The predicted octanol–water partition coefficient (Wildman–Crippen LogP) is 3.59. The van der Waals surface area contributed by atoms with Crippen LogP contribution in [0.5, 0.6) is 5.75 Å². The van der Waals surface area contributed by atoms with Gasteiger partial charge in [-0.05, 0) is 43.3 Å². The third-order valence-electron chi connectivity index (χ3n) is 3.06. The number of aromatic carboxylic acids is 1. The lowest BCUT2D eigenvalue weighted by Gasteiger charge is -2.02. The monoisotopic (exact) mass is 283 g/mol. The molecule has 0 saturated carbocycles. The normalized spacial score (nSPS) is 10.7. The molecule has 0 spiro atoms. The van der Waals surface area contributed by atoms with Crippen LogP contribution in [0.3, 0.4) is 0 Å². The predicted molar refractivity (Wildman–Crippen MR) is 77.6 cm³/mol. The lowest BCUT2D eigenvalue weighted by Crippen LogP contribution is -1.96. The van der Waals surface area contributed by atoms with Crippen LogP contribution in [0.2, 0.25) is 0 Å². The highest BCUT2D eigenvalue weighted by Crippen LogP contribution is 2.27. The van der Waals surface area contributed by atoms with Gasteiger partial charge >= 0.3 is 5.97 Å². The molecule has 106 valence electrons. The van der Waals surface area contributed by atoms with Gasteiger partial charge in [0.2, 0.25) is 5.89 Å². The first-order valence-corrected chi connectivity index (χ1v) is 6.55. The van der Waals surface area contributed by atoms with Crippen LogP contribution in [0.1, 0.15) is 17.3 Å². The quantitative estimate of drug-likeness (QED) is 0.792. The Hall–Kier alpha value is -2.82. The van der Waals surface area contributed by atoms with E-state index in [0.717, 1.165) is 11.3 Å². The minimum absolute atomic E-state index is 0.133. The highest BCUT2D eigenvalue weighted by atomic mass is 16.5. The Morgan fingerprint density at radius 1 is 1.24 bits per heavy atom. The highest BCUT2D eigenvalue weighted by molar-refractivity contribution is 6.00. The second kappa shape index (κ2) is 5.28. The molecule has 21 heavy (non-hydrogen) atoms. The van der Waals surface area contributed by atoms with Gasteiger partial charge in [0.05, 0.1) is 12.2 Å². The van der Waals surface area contributed by atoms with E-state index in [1.54, 1.807) is 12.1 Å². The van der Waals surface area contributed by atoms with Crippen molar-refractivity contribution in [1.29, 1.82) is 0 Å². The minimum atomic E-state index is -1.02. The van der Waals surface area contributed by atoms with Crippen molar-refractivity contribution >= 4 is 17.1 Å². The number of ether oxygens (including phenoxy) is 1. The van der Waals surface area contributed by atoms with Crippen LogP contribution in [0.25, 0.3) is 22.6 Å². The van der Waals surface area contributed by atoms with Gasteiger partial charge in [0.1, 0.15) is 11.3 Å². The zero-order chi connectivity index (χ0) is 14.8. The second-order valence-corrected chi connectivity index (χ2v) is 4.43. The summed E-state index contributed by atoms with van der Waals surface area (Å²) in [6.07, 6.45) is 0. The molecule has 1 aromatic heterocycles. The molecule has 0 aliphatic rings. The van der Waals surface area contributed by atoms with E-state index in [1.165, 1.54) is 6.07 Å². The molecule has 0 fully saturated rings. The van der Waals surface area contributed by atoms with E-state index in [9.17, 15) is 4.79 Å². The van der Waals surface area contributed by atoms with Crippen molar-refractivity contribution < 1.29 is 19.1 Å². The number of carboxylic acid groups (broad SMARTS) is 1. The molecule has 5 nitrogen and oxygen atoms in total. The van der Waals surface area contributed by atoms with Gasteiger partial charge in [-0.1, -0.05) is 6.07 Å². The number of para-hydroxylation sites is 1. The largest absolute Gasteiger partial charge is 0.494 e. The van der Waals surface area contributed by atoms with Crippen molar-refractivity contribution in [2.24, 2.45) is 0 Å². The summed E-state index contributed by atoms with van der Waals surface area (Å²) in [4.78, 5) is 15.5. The van der Waals surface area contributed by atoms with Crippen LogP contribution >= 0.6 is 0 Å². The standard InChI is InChI=1S/C16H13NO4/c1-2-20-11-8-6-10(7-9-11)15-17-14-12(16(18)19)4-3-5-13(14)21-15/h3-9H,2H2,1H3,(H,18,19). The third-order valence-corrected chi connectivity index (χ3v) is 3.06. The fourth-order valence-electron chi connectivity index (χ4n) is 2.10. The molecular formula is C16H13NO4. The van der Waals surface area contributed by atoms with Gasteiger partial charge in [-0.3, -0.25) is 0 Å². The topological polar surface area (TPSA) is 72.6 Å². The number of carboxylic acids is 1. The molecule has 2 aromatic carbocycles. The Morgan fingerprint density at radius 3 is 2.67 bits per heavy atom. The van der Waals surface area contributed by atoms with Crippen molar-refractivity contribution in [3.05, 3.63) is 48.0 Å². The van der Waals surface area contributed by atoms with E-state index in [4.69, 9.17) is 14.3 Å². The van der Waals surface area contributed by atoms with Crippen molar-refractivity contribution in [3.63, 3.8) is 0 Å². The first-order chi connectivity index (χ1) is 10.2. The Balaban J connectivity index is 2.04. The van der Waals surface area contributed by atoms with Crippen molar-refractivity contribution in [3.8, 4) is 17.2 Å². The smallest absolute Gasteiger partial charge is 0.338 e. The molecule has 0 radical (unpaired) electrons. The minimum Gasteiger partial charge on any atom is -0.494 e. The van der Waals surface area contributed by atoms with E-state index < -0.39 is 5.97 Å². The SMILES string of the molecule is CCOc1ccc(-c2nc3c(C(=O)O)cccc3o2)cc1. The maximum atomic E-state index is 11.2. The van der Waals surface area contributed by atoms with E-state index in [-0.39, 0.29) is 5.56 Å². The maximum Gasteiger partial charge on any atom is 0.338 e. The Labute approximate surface area is 120 Å². The molecule has 0 atom stereocenters. The highest BCUT2D eigenvalue weighted by Gasteiger charge is 2.15. The summed E-state index contributed by atoms with van der Waals surface area (Å²) in [6, 6.07) is 12.2. The van der Waals surface area contributed by atoms with E-state index >= 15 is 0 Å². The van der Waals surface area contributed by atoms with Gasteiger partial charge in [0, 0.05) is 5.56 Å². The average Bonchev–Trinajstić information content (AvgIpc) is 2.92. The number of hydrogen-bond donors (Lipinski definition) is 1. The summed E-state index contributed by atoms with van der Waals surface area (Å²) < 4.78 is 11.0. The molecule has 0 amide bonds.